The van der Waals surface area contributed by atoms with Crippen molar-refractivity contribution < 1.29 is 9.53 Å². The summed E-state index contributed by atoms with van der Waals surface area (Å²) >= 11 is 12.4. The molecule has 1 aromatic heterocycles. The van der Waals surface area contributed by atoms with E-state index in [0.29, 0.717) is 22.3 Å². The third-order valence-corrected chi connectivity index (χ3v) is 8.75. The lowest BCUT2D eigenvalue weighted by Crippen LogP contribution is -2.39. The monoisotopic (exact) mass is 509 g/mol. The SMILES string of the molecule is COc1ccc2c(c1)CCc1c(C(=O)NC3CC4CCC(C4)C3)nn(Cc3ccc(Cl)c(Cl)c3)c1-2. The van der Waals surface area contributed by atoms with Crippen molar-refractivity contribution in [1.29, 1.82) is 0 Å². The normalized spacial score (nSPS) is 22.4. The number of aryl methyl sites for hydroxylation is 1. The zero-order valence-corrected chi connectivity index (χ0v) is 21.3. The summed E-state index contributed by atoms with van der Waals surface area (Å²) in [5, 5.41) is 9.28. The van der Waals surface area contributed by atoms with Gasteiger partial charge in [0.25, 0.3) is 5.91 Å². The lowest BCUT2D eigenvalue weighted by Gasteiger charge is -2.28. The van der Waals surface area contributed by atoms with Gasteiger partial charge in [-0.3, -0.25) is 9.48 Å². The summed E-state index contributed by atoms with van der Waals surface area (Å²) in [5.74, 6) is 2.33. The minimum Gasteiger partial charge on any atom is -0.497 e. The highest BCUT2D eigenvalue weighted by Crippen LogP contribution is 2.42. The van der Waals surface area contributed by atoms with Crippen LogP contribution < -0.4 is 10.1 Å². The molecule has 2 unspecified atom stereocenters. The Morgan fingerprint density at radius 3 is 2.60 bits per heavy atom. The quantitative estimate of drug-likeness (QED) is 0.437. The van der Waals surface area contributed by atoms with E-state index in [1.807, 2.05) is 22.9 Å². The molecule has 182 valence electrons. The van der Waals surface area contributed by atoms with E-state index in [2.05, 4.69) is 17.4 Å². The highest BCUT2D eigenvalue weighted by molar-refractivity contribution is 6.42. The van der Waals surface area contributed by atoms with E-state index in [-0.39, 0.29) is 11.9 Å². The molecule has 3 aromatic rings. The Hall–Kier alpha value is -2.50. The smallest absolute Gasteiger partial charge is 0.272 e. The highest BCUT2D eigenvalue weighted by Gasteiger charge is 2.36. The number of methoxy groups -OCH3 is 1. The first-order chi connectivity index (χ1) is 17.0. The molecule has 6 rings (SSSR count). The maximum atomic E-state index is 13.6. The molecule has 1 amide bonds. The van der Waals surface area contributed by atoms with Gasteiger partial charge in [0.15, 0.2) is 5.69 Å². The van der Waals surface area contributed by atoms with Crippen LogP contribution >= 0.6 is 23.2 Å². The molecular formula is C28H29Cl2N3O2. The number of rotatable bonds is 5. The van der Waals surface area contributed by atoms with Gasteiger partial charge >= 0.3 is 0 Å². The van der Waals surface area contributed by atoms with Gasteiger partial charge in [0.05, 0.1) is 29.4 Å². The first kappa shape index (κ1) is 22.9. The largest absolute Gasteiger partial charge is 0.497 e. The van der Waals surface area contributed by atoms with E-state index in [0.717, 1.165) is 65.7 Å². The van der Waals surface area contributed by atoms with Crippen LogP contribution in [0, 0.1) is 11.8 Å². The molecule has 35 heavy (non-hydrogen) atoms. The number of carbonyl (C=O) groups is 1. The van der Waals surface area contributed by atoms with Crippen molar-refractivity contribution in [3.63, 3.8) is 0 Å². The van der Waals surface area contributed by atoms with E-state index in [1.54, 1.807) is 13.2 Å². The number of ether oxygens (including phenoxy) is 1. The van der Waals surface area contributed by atoms with E-state index in [1.165, 1.54) is 24.8 Å². The second-order valence-electron chi connectivity index (χ2n) is 10.3. The molecule has 0 radical (unpaired) electrons. The van der Waals surface area contributed by atoms with E-state index in [4.69, 9.17) is 33.0 Å². The predicted molar refractivity (Wildman–Crippen MR) is 139 cm³/mol. The molecule has 2 atom stereocenters. The molecule has 2 fully saturated rings. The molecular weight excluding hydrogens is 481 g/mol. The zero-order valence-electron chi connectivity index (χ0n) is 19.8. The average molecular weight is 510 g/mol. The van der Waals surface area contributed by atoms with Gasteiger partial charge in [0, 0.05) is 17.2 Å². The van der Waals surface area contributed by atoms with Crippen LogP contribution in [0.2, 0.25) is 10.0 Å². The fraction of sp³-hybridized carbons (Fsp3) is 0.429. The van der Waals surface area contributed by atoms with Gasteiger partial charge in [-0.1, -0.05) is 42.1 Å². The van der Waals surface area contributed by atoms with Crippen LogP contribution in [0.4, 0.5) is 0 Å². The minimum absolute atomic E-state index is 0.0441. The summed E-state index contributed by atoms with van der Waals surface area (Å²) in [4.78, 5) is 13.6. The number of halogens is 2. The number of nitrogens with zero attached hydrogens (tertiary/aromatic N) is 2. The standard InChI is InChI=1S/C28H29Cl2N3O2/c1-35-21-6-8-22-19(14-21)5-7-23-26(28(34)31-20-11-16-2-3-17(10-16)12-20)32-33(27(22)23)15-18-4-9-24(29)25(30)13-18/h4,6,8-9,13-14,16-17,20H,2-3,5,7,10-12,15H2,1H3,(H,31,34). The van der Waals surface area contributed by atoms with Crippen LogP contribution in [-0.2, 0) is 19.4 Å². The first-order valence-electron chi connectivity index (χ1n) is 12.5. The zero-order chi connectivity index (χ0) is 24.1. The van der Waals surface area contributed by atoms with Gasteiger partial charge in [-0.2, -0.15) is 5.10 Å². The first-order valence-corrected chi connectivity index (χ1v) is 13.3. The second-order valence-corrected chi connectivity index (χ2v) is 11.1. The molecule has 5 nitrogen and oxygen atoms in total. The van der Waals surface area contributed by atoms with E-state index < -0.39 is 0 Å². The van der Waals surface area contributed by atoms with Crippen LogP contribution in [0.3, 0.4) is 0 Å². The summed E-state index contributed by atoms with van der Waals surface area (Å²) in [7, 11) is 1.68. The third kappa shape index (κ3) is 4.34. The van der Waals surface area contributed by atoms with Crippen molar-refractivity contribution in [2.75, 3.05) is 7.11 Å². The van der Waals surface area contributed by atoms with Gasteiger partial charge in [-0.15, -0.1) is 0 Å². The lowest BCUT2D eigenvalue weighted by atomic mass is 9.85. The van der Waals surface area contributed by atoms with E-state index in [9.17, 15) is 4.79 Å². The minimum atomic E-state index is -0.0441. The van der Waals surface area contributed by atoms with Gasteiger partial charge < -0.3 is 10.1 Å². The number of hydrogen-bond donors (Lipinski definition) is 1. The van der Waals surface area contributed by atoms with Crippen LogP contribution in [0.25, 0.3) is 11.3 Å². The Morgan fingerprint density at radius 2 is 1.86 bits per heavy atom. The van der Waals surface area contributed by atoms with Crippen LogP contribution in [0.1, 0.15) is 59.3 Å². The summed E-state index contributed by atoms with van der Waals surface area (Å²) in [6.45, 7) is 0.506. The van der Waals surface area contributed by atoms with Crippen molar-refractivity contribution in [2.24, 2.45) is 11.8 Å². The number of fused-ring (bicyclic) bond motifs is 5. The van der Waals surface area contributed by atoms with E-state index >= 15 is 0 Å². The Bertz CT molecular complexity index is 1290. The Labute approximate surface area is 215 Å². The second kappa shape index (κ2) is 9.18. The Kier molecular flexibility index (Phi) is 6.01. The van der Waals surface area contributed by atoms with Crippen molar-refractivity contribution in [1.82, 2.24) is 15.1 Å². The summed E-state index contributed by atoms with van der Waals surface area (Å²) in [6.07, 6.45) is 7.77. The van der Waals surface area contributed by atoms with Gasteiger partial charge in [-0.25, -0.2) is 0 Å². The Balaban J connectivity index is 1.37. The Morgan fingerprint density at radius 1 is 1.06 bits per heavy atom. The lowest BCUT2D eigenvalue weighted by molar-refractivity contribution is 0.0911. The predicted octanol–water partition coefficient (Wildman–Crippen LogP) is 6.32. The van der Waals surface area contributed by atoms with Crippen molar-refractivity contribution >= 4 is 29.1 Å². The molecule has 0 aliphatic heterocycles. The van der Waals surface area contributed by atoms with Crippen LogP contribution in [-0.4, -0.2) is 28.8 Å². The van der Waals surface area contributed by atoms with Gasteiger partial charge in [0.2, 0.25) is 0 Å². The number of benzene rings is 2. The van der Waals surface area contributed by atoms with Gasteiger partial charge in [-0.05, 0) is 85.4 Å². The van der Waals surface area contributed by atoms with Crippen molar-refractivity contribution in [2.45, 2.75) is 57.5 Å². The summed E-state index contributed by atoms with van der Waals surface area (Å²) in [5.41, 5.74) is 5.89. The fourth-order valence-corrected chi connectivity index (χ4v) is 6.74. The molecule has 2 bridgehead atoms. The maximum Gasteiger partial charge on any atom is 0.272 e. The fourth-order valence-electron chi connectivity index (χ4n) is 6.42. The topological polar surface area (TPSA) is 56.1 Å². The number of amides is 1. The highest BCUT2D eigenvalue weighted by atomic mass is 35.5. The number of aromatic nitrogens is 2. The molecule has 0 spiro atoms. The maximum absolute atomic E-state index is 13.6. The van der Waals surface area contributed by atoms with Gasteiger partial charge in [0.1, 0.15) is 5.75 Å². The number of hydrogen-bond acceptors (Lipinski definition) is 3. The third-order valence-electron chi connectivity index (χ3n) is 8.01. The molecule has 2 saturated carbocycles. The number of nitrogens with one attached hydrogen (secondary N) is 1. The number of carbonyl (C=O) groups excluding carboxylic acids is 1. The summed E-state index contributed by atoms with van der Waals surface area (Å²) < 4.78 is 7.41. The molecule has 1 heterocycles. The molecule has 2 aromatic carbocycles. The van der Waals surface area contributed by atoms with Crippen LogP contribution in [0.15, 0.2) is 36.4 Å². The summed E-state index contributed by atoms with van der Waals surface area (Å²) in [6, 6.07) is 12.0. The molecule has 1 N–H and O–H groups in total. The average Bonchev–Trinajstić information content (AvgIpc) is 3.40. The van der Waals surface area contributed by atoms with Crippen molar-refractivity contribution in [3.05, 3.63) is 68.8 Å². The molecule has 3 aliphatic rings. The molecule has 3 aliphatic carbocycles. The molecule has 7 heteroatoms. The van der Waals surface area contributed by atoms with Crippen molar-refractivity contribution in [3.8, 4) is 17.0 Å². The van der Waals surface area contributed by atoms with Crippen LogP contribution in [0.5, 0.6) is 5.75 Å². The molecule has 0 saturated heterocycles.